The van der Waals surface area contributed by atoms with Gasteiger partial charge >= 0.3 is 0 Å². The Morgan fingerprint density at radius 3 is 2.63 bits per heavy atom. The number of rotatable bonds is 6. The molecule has 176 valence electrons. The quantitative estimate of drug-likeness (QED) is 0.191. The Labute approximate surface area is 204 Å². The third-order valence-electron chi connectivity index (χ3n) is 5.83. The predicted octanol–water partition coefficient (Wildman–Crippen LogP) is 4.86. The summed E-state index contributed by atoms with van der Waals surface area (Å²) in [5.74, 6) is 1.31. The Morgan fingerprint density at radius 2 is 1.86 bits per heavy atom. The monoisotopic (exact) mass is 487 g/mol. The van der Waals surface area contributed by atoms with Gasteiger partial charge in [0.05, 0.1) is 28.6 Å². The topological polar surface area (TPSA) is 105 Å². The first-order chi connectivity index (χ1) is 16.9. The average Bonchev–Trinajstić information content (AvgIpc) is 3.28. The zero-order valence-corrected chi connectivity index (χ0v) is 20.1. The summed E-state index contributed by atoms with van der Waals surface area (Å²) in [6, 6.07) is 17.8. The van der Waals surface area contributed by atoms with Gasteiger partial charge in [-0.2, -0.15) is 0 Å². The molecule has 5 rings (SSSR count). The number of nitro benzene ring substituents is 1. The Kier molecular flexibility index (Phi) is 5.73. The molecular weight excluding hydrogens is 466 g/mol. The highest BCUT2D eigenvalue weighted by atomic mass is 32.2. The number of nitrogens with zero attached hydrogens (tertiary/aromatic N) is 5. The second-order valence-corrected chi connectivity index (χ2v) is 9.05. The Morgan fingerprint density at radius 1 is 1.06 bits per heavy atom. The van der Waals surface area contributed by atoms with Crippen molar-refractivity contribution in [1.82, 2.24) is 19.2 Å². The second kappa shape index (κ2) is 8.88. The van der Waals surface area contributed by atoms with Crippen LogP contribution in [0.2, 0.25) is 0 Å². The number of nitro groups is 1. The van der Waals surface area contributed by atoms with Crippen LogP contribution < -0.4 is 10.3 Å². The lowest BCUT2D eigenvalue weighted by Gasteiger charge is -2.14. The van der Waals surface area contributed by atoms with E-state index in [-0.39, 0.29) is 11.2 Å². The smallest absolute Gasteiger partial charge is 0.270 e. The molecule has 0 saturated carbocycles. The summed E-state index contributed by atoms with van der Waals surface area (Å²) >= 11 is 1.36. The van der Waals surface area contributed by atoms with Crippen molar-refractivity contribution in [3.8, 4) is 11.4 Å². The molecule has 35 heavy (non-hydrogen) atoms. The first kappa shape index (κ1) is 22.6. The van der Waals surface area contributed by atoms with Crippen LogP contribution in [-0.4, -0.2) is 31.2 Å². The summed E-state index contributed by atoms with van der Waals surface area (Å²) in [6.07, 6.45) is 0. The van der Waals surface area contributed by atoms with E-state index < -0.39 is 4.92 Å². The number of thioether (sulfide) groups is 1. The van der Waals surface area contributed by atoms with E-state index in [4.69, 9.17) is 4.74 Å². The van der Waals surface area contributed by atoms with Crippen molar-refractivity contribution >= 4 is 34.1 Å². The molecule has 0 radical (unpaired) electrons. The van der Waals surface area contributed by atoms with Crippen molar-refractivity contribution in [3.63, 3.8) is 0 Å². The third-order valence-corrected chi connectivity index (χ3v) is 6.81. The molecule has 2 heterocycles. The number of hydrogen-bond donors (Lipinski definition) is 0. The number of non-ortho nitro benzene ring substituents is 1. The minimum Gasteiger partial charge on any atom is -0.496 e. The SMILES string of the molecule is COc1ccc([N+](=O)[O-])cc1CSc1nnc2n(-c3cc(C)ccc3C)c(=O)c3ccccc3n12. The number of ether oxygens (including phenoxy) is 1. The normalized spacial score (nSPS) is 11.3. The van der Waals surface area contributed by atoms with Crippen LogP contribution in [0.4, 0.5) is 5.69 Å². The molecule has 0 fully saturated rings. The van der Waals surface area contributed by atoms with Gasteiger partial charge < -0.3 is 4.74 Å². The molecule has 9 nitrogen and oxygen atoms in total. The van der Waals surface area contributed by atoms with Crippen molar-refractivity contribution in [2.24, 2.45) is 0 Å². The number of methoxy groups -OCH3 is 1. The number of benzene rings is 3. The van der Waals surface area contributed by atoms with Crippen LogP contribution in [0, 0.1) is 24.0 Å². The maximum absolute atomic E-state index is 13.6. The number of aryl methyl sites for hydroxylation is 2. The Hall–Kier alpha value is -4.18. The molecule has 2 aromatic heterocycles. The van der Waals surface area contributed by atoms with Crippen molar-refractivity contribution < 1.29 is 9.66 Å². The second-order valence-electron chi connectivity index (χ2n) is 8.11. The Balaban J connectivity index is 1.69. The summed E-state index contributed by atoms with van der Waals surface area (Å²) in [4.78, 5) is 24.4. The number of para-hydroxylation sites is 1. The molecule has 0 unspecified atom stereocenters. The van der Waals surface area contributed by atoms with Crippen molar-refractivity contribution in [2.45, 2.75) is 24.8 Å². The van der Waals surface area contributed by atoms with Crippen LogP contribution in [0.15, 0.2) is 70.6 Å². The molecule has 0 atom stereocenters. The van der Waals surface area contributed by atoms with E-state index in [0.717, 1.165) is 16.8 Å². The minimum absolute atomic E-state index is 0.0123. The van der Waals surface area contributed by atoms with Gasteiger partial charge in [-0.05, 0) is 49.2 Å². The molecule has 0 aliphatic rings. The predicted molar refractivity (Wildman–Crippen MR) is 135 cm³/mol. The third kappa shape index (κ3) is 3.91. The van der Waals surface area contributed by atoms with E-state index in [2.05, 4.69) is 10.2 Å². The van der Waals surface area contributed by atoms with Crippen molar-refractivity contribution in [3.05, 3.63) is 97.8 Å². The lowest BCUT2D eigenvalue weighted by molar-refractivity contribution is -0.384. The van der Waals surface area contributed by atoms with Crippen LogP contribution >= 0.6 is 11.8 Å². The fraction of sp³-hybridized carbons (Fsp3) is 0.160. The highest BCUT2D eigenvalue weighted by Gasteiger charge is 2.20. The van der Waals surface area contributed by atoms with Gasteiger partial charge in [0.25, 0.3) is 11.2 Å². The van der Waals surface area contributed by atoms with Crippen molar-refractivity contribution in [1.29, 1.82) is 0 Å². The largest absolute Gasteiger partial charge is 0.496 e. The number of hydrogen-bond acceptors (Lipinski definition) is 7. The molecule has 0 amide bonds. The van der Waals surface area contributed by atoms with E-state index in [1.54, 1.807) is 16.7 Å². The molecule has 0 aliphatic heterocycles. The van der Waals surface area contributed by atoms with Gasteiger partial charge in [-0.1, -0.05) is 36.0 Å². The van der Waals surface area contributed by atoms with Crippen LogP contribution in [0.1, 0.15) is 16.7 Å². The van der Waals surface area contributed by atoms with E-state index in [0.29, 0.717) is 38.9 Å². The first-order valence-corrected chi connectivity index (χ1v) is 11.8. The first-order valence-electron chi connectivity index (χ1n) is 10.8. The molecule has 3 aromatic carbocycles. The van der Waals surface area contributed by atoms with Gasteiger partial charge in [-0.3, -0.25) is 19.3 Å². The fourth-order valence-corrected chi connectivity index (χ4v) is 5.00. The Bertz CT molecular complexity index is 1670. The maximum atomic E-state index is 13.6. The summed E-state index contributed by atoms with van der Waals surface area (Å²) in [5.41, 5.74) is 3.87. The maximum Gasteiger partial charge on any atom is 0.270 e. The van der Waals surface area contributed by atoms with Crippen molar-refractivity contribution in [2.75, 3.05) is 7.11 Å². The van der Waals surface area contributed by atoms with E-state index in [1.165, 1.54) is 31.0 Å². The molecule has 0 saturated heterocycles. The van der Waals surface area contributed by atoms with Crippen LogP contribution in [0.5, 0.6) is 5.75 Å². The van der Waals surface area contributed by atoms with Crippen LogP contribution in [0.25, 0.3) is 22.4 Å². The molecule has 10 heteroatoms. The van der Waals surface area contributed by atoms with E-state index >= 15 is 0 Å². The highest BCUT2D eigenvalue weighted by molar-refractivity contribution is 7.98. The van der Waals surface area contributed by atoms with Gasteiger partial charge in [0.1, 0.15) is 5.75 Å². The zero-order chi connectivity index (χ0) is 24.7. The number of aromatic nitrogens is 4. The molecule has 0 spiro atoms. The highest BCUT2D eigenvalue weighted by Crippen LogP contribution is 2.31. The molecule has 0 bridgehead atoms. The summed E-state index contributed by atoms with van der Waals surface area (Å²) in [7, 11) is 1.53. The molecular formula is C25H21N5O4S. The van der Waals surface area contributed by atoms with Gasteiger partial charge in [-0.15, -0.1) is 10.2 Å². The zero-order valence-electron chi connectivity index (χ0n) is 19.3. The van der Waals surface area contributed by atoms with Gasteiger partial charge in [0.2, 0.25) is 5.78 Å². The van der Waals surface area contributed by atoms with Crippen LogP contribution in [-0.2, 0) is 5.75 Å². The standard InChI is InChI=1S/C25H21N5O4S/c1-15-8-9-16(2)21(12-15)28-23(31)19-6-4-5-7-20(19)29-24(28)26-27-25(29)35-14-17-13-18(30(32)33)10-11-22(17)34-3/h4-13H,14H2,1-3H3. The van der Waals surface area contributed by atoms with Crippen LogP contribution in [0.3, 0.4) is 0 Å². The summed E-state index contributed by atoms with van der Waals surface area (Å²) < 4.78 is 8.85. The summed E-state index contributed by atoms with van der Waals surface area (Å²) in [5, 5.41) is 21.1. The molecule has 0 N–H and O–H groups in total. The lowest BCUT2D eigenvalue weighted by Crippen LogP contribution is -2.22. The molecule has 0 aliphatic carbocycles. The van der Waals surface area contributed by atoms with Gasteiger partial charge in [0, 0.05) is 23.4 Å². The van der Waals surface area contributed by atoms with E-state index in [9.17, 15) is 14.9 Å². The lowest BCUT2D eigenvalue weighted by atomic mass is 10.1. The number of fused-ring (bicyclic) bond motifs is 3. The fourth-order valence-electron chi connectivity index (χ4n) is 4.08. The van der Waals surface area contributed by atoms with Gasteiger partial charge in [0.15, 0.2) is 5.16 Å². The minimum atomic E-state index is -0.434. The molecule has 5 aromatic rings. The average molecular weight is 488 g/mol. The van der Waals surface area contributed by atoms with E-state index in [1.807, 2.05) is 54.6 Å². The van der Waals surface area contributed by atoms with Gasteiger partial charge in [-0.25, -0.2) is 4.57 Å². The summed E-state index contributed by atoms with van der Waals surface area (Å²) in [6.45, 7) is 3.93.